The van der Waals surface area contributed by atoms with E-state index in [2.05, 4.69) is 9.62 Å². The lowest BCUT2D eigenvalue weighted by molar-refractivity contribution is 0.0376. The van der Waals surface area contributed by atoms with Crippen molar-refractivity contribution in [3.05, 3.63) is 51.8 Å². The van der Waals surface area contributed by atoms with Crippen molar-refractivity contribution in [1.29, 1.82) is 0 Å². The van der Waals surface area contributed by atoms with Gasteiger partial charge in [0.25, 0.3) is 5.91 Å². The Kier molecular flexibility index (Phi) is 7.29. The Morgan fingerprint density at radius 2 is 1.91 bits per heavy atom. The molecular weight excluding hydrogens is 489 g/mol. The van der Waals surface area contributed by atoms with E-state index in [0.717, 1.165) is 19.2 Å². The van der Waals surface area contributed by atoms with E-state index in [-0.39, 0.29) is 40.7 Å². The minimum atomic E-state index is -4.07. The van der Waals surface area contributed by atoms with E-state index in [4.69, 9.17) is 16.3 Å². The molecule has 0 radical (unpaired) electrons. The van der Waals surface area contributed by atoms with Gasteiger partial charge in [-0.2, -0.15) is 0 Å². The number of phenols is 2. The number of morpholine rings is 1. The molecule has 4 rings (SSSR count). The third-order valence-corrected chi connectivity index (χ3v) is 7.71. The molecule has 0 bridgehead atoms. The molecule has 9 nitrogen and oxygen atoms in total. The van der Waals surface area contributed by atoms with Gasteiger partial charge in [0.2, 0.25) is 10.0 Å². The summed E-state index contributed by atoms with van der Waals surface area (Å²) in [5, 5.41) is 20.3. The SMILES string of the molecule is O=C1c2c(O)c(O)cc(S(=O)(=O)NCCCN3CCOCC3)c2CN1Cc1ccc(F)c(Cl)c1. The zero-order chi connectivity index (χ0) is 24.5. The number of nitrogens with zero attached hydrogens (tertiary/aromatic N) is 2. The molecule has 34 heavy (non-hydrogen) atoms. The van der Waals surface area contributed by atoms with Crippen LogP contribution in [0.5, 0.6) is 11.5 Å². The predicted octanol–water partition coefficient (Wildman–Crippen LogP) is 2.05. The van der Waals surface area contributed by atoms with Gasteiger partial charge in [0.05, 0.1) is 28.7 Å². The molecule has 0 unspecified atom stereocenters. The highest BCUT2D eigenvalue weighted by Gasteiger charge is 2.37. The summed E-state index contributed by atoms with van der Waals surface area (Å²) in [7, 11) is -4.07. The third kappa shape index (κ3) is 5.13. The van der Waals surface area contributed by atoms with Crippen LogP contribution >= 0.6 is 11.6 Å². The van der Waals surface area contributed by atoms with Crippen molar-refractivity contribution in [3.8, 4) is 11.5 Å². The summed E-state index contributed by atoms with van der Waals surface area (Å²) in [5.74, 6) is -2.62. The number of ether oxygens (including phenoxy) is 1. The molecular formula is C22H25ClFN3O6S. The Balaban J connectivity index is 1.51. The number of carbonyl (C=O) groups is 1. The van der Waals surface area contributed by atoms with Crippen LogP contribution in [0, 0.1) is 5.82 Å². The summed E-state index contributed by atoms with van der Waals surface area (Å²) in [5.41, 5.74) is 0.359. The Hall–Kier alpha value is -2.44. The maximum absolute atomic E-state index is 13.5. The van der Waals surface area contributed by atoms with Gasteiger partial charge in [-0.1, -0.05) is 17.7 Å². The number of sulfonamides is 1. The number of aromatic hydroxyl groups is 2. The number of phenolic OH excluding ortho intramolecular Hbond substituents is 2. The second-order valence-electron chi connectivity index (χ2n) is 8.21. The van der Waals surface area contributed by atoms with E-state index >= 15 is 0 Å². The smallest absolute Gasteiger partial charge is 0.258 e. The fourth-order valence-corrected chi connectivity index (χ4v) is 5.65. The van der Waals surface area contributed by atoms with Crippen molar-refractivity contribution in [2.24, 2.45) is 0 Å². The lowest BCUT2D eigenvalue weighted by atomic mass is 10.1. The van der Waals surface area contributed by atoms with Gasteiger partial charge in [0.15, 0.2) is 11.5 Å². The number of benzene rings is 2. The van der Waals surface area contributed by atoms with Crippen molar-refractivity contribution < 1.29 is 32.6 Å². The molecule has 1 amide bonds. The number of rotatable bonds is 8. The molecule has 3 N–H and O–H groups in total. The molecule has 0 aromatic heterocycles. The highest BCUT2D eigenvalue weighted by molar-refractivity contribution is 7.89. The number of nitrogens with one attached hydrogen (secondary N) is 1. The van der Waals surface area contributed by atoms with E-state index < -0.39 is 33.2 Å². The number of amides is 1. The Morgan fingerprint density at radius 3 is 2.62 bits per heavy atom. The summed E-state index contributed by atoms with van der Waals surface area (Å²) in [4.78, 5) is 16.2. The Labute approximate surface area is 201 Å². The van der Waals surface area contributed by atoms with Gasteiger partial charge in [-0.25, -0.2) is 17.5 Å². The molecule has 0 aliphatic carbocycles. The molecule has 1 saturated heterocycles. The highest BCUT2D eigenvalue weighted by atomic mass is 35.5. The van der Waals surface area contributed by atoms with Gasteiger partial charge in [-0.05, 0) is 30.7 Å². The van der Waals surface area contributed by atoms with Crippen LogP contribution in [0.4, 0.5) is 4.39 Å². The molecule has 0 spiro atoms. The van der Waals surface area contributed by atoms with Crippen LogP contribution in [0.15, 0.2) is 29.2 Å². The van der Waals surface area contributed by atoms with Crippen LogP contribution in [-0.4, -0.2) is 73.7 Å². The van der Waals surface area contributed by atoms with E-state index in [1.54, 1.807) is 0 Å². The molecule has 2 aliphatic heterocycles. The number of hydrogen-bond donors (Lipinski definition) is 3. The zero-order valence-electron chi connectivity index (χ0n) is 18.3. The van der Waals surface area contributed by atoms with Crippen molar-refractivity contribution >= 4 is 27.5 Å². The first-order valence-corrected chi connectivity index (χ1v) is 12.6. The lowest BCUT2D eigenvalue weighted by Gasteiger charge is -2.26. The molecule has 2 aromatic carbocycles. The molecule has 12 heteroatoms. The minimum Gasteiger partial charge on any atom is -0.504 e. The molecule has 0 saturated carbocycles. The Morgan fingerprint density at radius 1 is 1.18 bits per heavy atom. The van der Waals surface area contributed by atoms with E-state index in [1.807, 2.05) is 0 Å². The normalized spacial score (nSPS) is 16.8. The van der Waals surface area contributed by atoms with Gasteiger partial charge in [0.1, 0.15) is 5.82 Å². The van der Waals surface area contributed by atoms with Gasteiger partial charge in [-0.3, -0.25) is 9.69 Å². The third-order valence-electron chi connectivity index (χ3n) is 5.89. The van der Waals surface area contributed by atoms with Crippen LogP contribution < -0.4 is 4.72 Å². The van der Waals surface area contributed by atoms with Crippen LogP contribution in [0.3, 0.4) is 0 Å². The first-order chi connectivity index (χ1) is 16.2. The van der Waals surface area contributed by atoms with Gasteiger partial charge < -0.3 is 19.8 Å². The van der Waals surface area contributed by atoms with E-state index in [1.165, 1.54) is 23.1 Å². The summed E-state index contributed by atoms with van der Waals surface area (Å²) < 4.78 is 47.3. The Bertz CT molecular complexity index is 1200. The fourth-order valence-electron chi connectivity index (χ4n) is 4.12. The van der Waals surface area contributed by atoms with Crippen LogP contribution in [0.25, 0.3) is 0 Å². The number of carbonyl (C=O) groups excluding carboxylic acids is 1. The van der Waals surface area contributed by atoms with Gasteiger partial charge in [-0.15, -0.1) is 0 Å². The predicted molar refractivity (Wildman–Crippen MR) is 122 cm³/mol. The zero-order valence-corrected chi connectivity index (χ0v) is 19.8. The molecule has 2 aliphatic rings. The van der Waals surface area contributed by atoms with Crippen molar-refractivity contribution in [3.63, 3.8) is 0 Å². The number of halogens is 2. The average Bonchev–Trinajstić information content (AvgIpc) is 3.13. The number of hydrogen-bond acceptors (Lipinski definition) is 7. The van der Waals surface area contributed by atoms with Gasteiger partial charge >= 0.3 is 0 Å². The van der Waals surface area contributed by atoms with E-state index in [0.29, 0.717) is 31.7 Å². The monoisotopic (exact) mass is 513 g/mol. The van der Waals surface area contributed by atoms with Crippen LogP contribution in [0.1, 0.15) is 27.9 Å². The maximum atomic E-state index is 13.5. The quantitative estimate of drug-likeness (QED) is 0.365. The first-order valence-electron chi connectivity index (χ1n) is 10.8. The van der Waals surface area contributed by atoms with Crippen LogP contribution in [0.2, 0.25) is 5.02 Å². The first kappa shape index (κ1) is 24.7. The number of fused-ring (bicyclic) bond motifs is 1. The summed E-state index contributed by atoms with van der Waals surface area (Å²) >= 11 is 5.82. The molecule has 2 aromatic rings. The molecule has 1 fully saturated rings. The van der Waals surface area contributed by atoms with E-state index in [9.17, 15) is 27.8 Å². The standard InChI is InChI=1S/C22H25ClFN3O6S/c23-16-10-14(2-3-17(16)24)12-27-13-15-19(11-18(28)21(29)20(15)22(27)30)34(31,32)25-4-1-5-26-6-8-33-9-7-26/h2-3,10-11,25,28-29H,1,4-9,12-13H2. The fraction of sp³-hybridized carbons (Fsp3) is 0.409. The van der Waals surface area contributed by atoms with Crippen molar-refractivity contribution in [2.75, 3.05) is 39.4 Å². The largest absolute Gasteiger partial charge is 0.504 e. The summed E-state index contributed by atoms with van der Waals surface area (Å²) in [6.45, 7) is 3.67. The highest BCUT2D eigenvalue weighted by Crippen LogP contribution is 2.41. The van der Waals surface area contributed by atoms with Crippen molar-refractivity contribution in [1.82, 2.24) is 14.5 Å². The summed E-state index contributed by atoms with van der Waals surface area (Å²) in [6.07, 6.45) is 0.571. The minimum absolute atomic E-state index is 0.0141. The topological polar surface area (TPSA) is 119 Å². The molecule has 0 atom stereocenters. The second-order valence-corrected chi connectivity index (χ2v) is 10.4. The maximum Gasteiger partial charge on any atom is 0.258 e. The van der Waals surface area contributed by atoms with Crippen LogP contribution in [-0.2, 0) is 27.8 Å². The van der Waals surface area contributed by atoms with Gasteiger partial charge in [0, 0.05) is 44.4 Å². The van der Waals surface area contributed by atoms with Crippen molar-refractivity contribution in [2.45, 2.75) is 24.4 Å². The molecule has 184 valence electrons. The molecule has 2 heterocycles. The summed E-state index contributed by atoms with van der Waals surface area (Å²) in [6, 6.07) is 4.95. The second kappa shape index (κ2) is 10.0. The lowest BCUT2D eigenvalue weighted by Crippen LogP contribution is -2.38. The average molecular weight is 514 g/mol.